The highest BCUT2D eigenvalue weighted by Crippen LogP contribution is 2.87. The van der Waals surface area contributed by atoms with Crippen LogP contribution in [0, 0.1) is 40.4 Å². The van der Waals surface area contributed by atoms with Crippen LogP contribution in [0.3, 0.4) is 0 Å². The second-order valence-corrected chi connectivity index (χ2v) is 16.4. The Morgan fingerprint density at radius 2 is 1.90 bits per heavy atom. The molecule has 2 spiro atoms. The van der Waals surface area contributed by atoms with Gasteiger partial charge in [0.15, 0.2) is 5.60 Å². The number of rotatable bonds is 5. The maximum absolute atomic E-state index is 15.2. The Morgan fingerprint density at radius 3 is 2.76 bits per heavy atom. The summed E-state index contributed by atoms with van der Waals surface area (Å²) in [5.41, 5.74) is 11.9. The van der Waals surface area contributed by atoms with Crippen molar-refractivity contribution in [1.82, 2.24) is 0 Å². The summed E-state index contributed by atoms with van der Waals surface area (Å²) in [6, 6.07) is 15.6. The summed E-state index contributed by atoms with van der Waals surface area (Å²) in [6.45, 7) is 5.19. The number of unbranched alkanes of at least 4 members (excludes halogenated alkanes) is 1. The van der Waals surface area contributed by atoms with Crippen molar-refractivity contribution in [3.8, 4) is 0 Å². The van der Waals surface area contributed by atoms with Crippen LogP contribution in [-0.4, -0.2) is 18.5 Å². The van der Waals surface area contributed by atoms with Crippen molar-refractivity contribution in [2.24, 2.45) is 46.2 Å². The standard InChI is InChI=1S/C44H51NO4/c1-3-4-20-37-42-22-21-32-33-17-7-11-27(2)38(33)31-25-29-14-8-13-28(24-29)12-5-6-19-36(43(42,35(32)26-31)41(47)48-37)44(42)34-18-9-15-30(16-10-23-45)39(34)40(46)49-44/h7-9,13-15,17-18,20,24,27,31,33,36,38H,3-6,10-12,16,19,21-23,25-26,45H2,1-2H3/t27-,31+,33+,36+,38+,42-,43+,44+/m1/s1. The van der Waals surface area contributed by atoms with E-state index in [1.54, 1.807) is 0 Å². The Bertz CT molecular complexity index is 1820. The molecule has 2 fully saturated rings. The van der Waals surface area contributed by atoms with E-state index in [2.05, 4.69) is 74.5 Å². The van der Waals surface area contributed by atoms with Crippen LogP contribution in [0.1, 0.15) is 111 Å². The van der Waals surface area contributed by atoms with E-state index >= 15 is 4.79 Å². The van der Waals surface area contributed by atoms with Gasteiger partial charge >= 0.3 is 11.9 Å². The molecule has 256 valence electrons. The molecule has 7 aliphatic rings. The van der Waals surface area contributed by atoms with Gasteiger partial charge < -0.3 is 15.2 Å². The zero-order valence-corrected chi connectivity index (χ0v) is 29.3. The number of esters is 2. The van der Waals surface area contributed by atoms with Gasteiger partial charge in [-0.2, -0.15) is 0 Å². The Morgan fingerprint density at radius 1 is 1.04 bits per heavy atom. The molecule has 4 bridgehead atoms. The van der Waals surface area contributed by atoms with Crippen molar-refractivity contribution >= 4 is 11.9 Å². The maximum Gasteiger partial charge on any atom is 0.339 e. The Kier molecular flexibility index (Phi) is 7.43. The molecule has 0 amide bonds. The second kappa shape index (κ2) is 11.5. The molecule has 5 heteroatoms. The van der Waals surface area contributed by atoms with Gasteiger partial charge in [0.05, 0.1) is 11.0 Å². The van der Waals surface area contributed by atoms with Crippen molar-refractivity contribution in [3.05, 3.63) is 105 Å². The first-order valence-corrected chi connectivity index (χ1v) is 19.4. The average Bonchev–Trinajstić information content (AvgIpc) is 3.55. The van der Waals surface area contributed by atoms with E-state index in [0.717, 1.165) is 106 Å². The highest BCUT2D eigenvalue weighted by molar-refractivity contribution is 6.00. The van der Waals surface area contributed by atoms with E-state index in [1.165, 1.54) is 22.3 Å². The second-order valence-electron chi connectivity index (χ2n) is 16.4. The molecule has 2 heterocycles. The van der Waals surface area contributed by atoms with Crippen LogP contribution in [-0.2, 0) is 39.1 Å². The SMILES string of the molecule is CCCC=C1OC(=O)[C@@]23C4=C5CC[C@@]12[C@@]1(OC(=O)c2c(CCCN)cccc21)[C@H]3CCCCc1cccc(c1)C[C@@H](C4)[C@@H]1[C@H](C)CC=C[C@@H]51. The minimum absolute atomic E-state index is 0.0815. The number of ether oxygens (including phenoxy) is 2. The molecule has 2 aromatic carbocycles. The molecular weight excluding hydrogens is 606 g/mol. The normalized spacial score (nSPS) is 37.7. The minimum Gasteiger partial charge on any atom is -0.449 e. The Hall–Kier alpha value is -3.44. The predicted molar refractivity (Wildman–Crippen MR) is 190 cm³/mol. The van der Waals surface area contributed by atoms with Crippen LogP contribution in [0.25, 0.3) is 0 Å². The number of cyclic esters (lactones) is 1. The monoisotopic (exact) mass is 657 g/mol. The third kappa shape index (κ3) is 3.97. The molecule has 2 aliphatic heterocycles. The molecule has 9 rings (SSSR count). The molecule has 2 aromatic rings. The maximum atomic E-state index is 15.2. The number of nitrogens with two attached hydrogens (primary N) is 1. The van der Waals surface area contributed by atoms with Crippen LogP contribution in [0.5, 0.6) is 0 Å². The third-order valence-electron chi connectivity index (χ3n) is 14.2. The van der Waals surface area contributed by atoms with Gasteiger partial charge in [-0.1, -0.05) is 92.5 Å². The number of carbonyl (C=O) groups is 2. The number of benzene rings is 2. The van der Waals surface area contributed by atoms with E-state index in [4.69, 9.17) is 15.2 Å². The molecule has 1 saturated heterocycles. The van der Waals surface area contributed by atoms with E-state index in [-0.39, 0.29) is 17.9 Å². The molecular formula is C44H51NO4. The highest BCUT2D eigenvalue weighted by atomic mass is 16.6. The lowest BCUT2D eigenvalue weighted by atomic mass is 9.28. The number of allylic oxidation sites excluding steroid dienone is 4. The summed E-state index contributed by atoms with van der Waals surface area (Å²) in [4.78, 5) is 29.5. The van der Waals surface area contributed by atoms with Gasteiger partial charge in [-0.05, 0) is 118 Å². The molecule has 0 unspecified atom stereocenters. The summed E-state index contributed by atoms with van der Waals surface area (Å²) in [5.74, 6) is 2.20. The number of aryl methyl sites for hydroxylation is 2. The first-order chi connectivity index (χ1) is 23.9. The van der Waals surface area contributed by atoms with Gasteiger partial charge in [-0.25, -0.2) is 4.79 Å². The molecule has 2 N–H and O–H groups in total. The Labute approximate surface area is 291 Å². The van der Waals surface area contributed by atoms with E-state index < -0.39 is 16.4 Å². The lowest BCUT2D eigenvalue weighted by molar-refractivity contribution is -0.278. The zero-order chi connectivity index (χ0) is 33.5. The first-order valence-electron chi connectivity index (χ1n) is 19.4. The summed E-state index contributed by atoms with van der Waals surface area (Å²) in [5, 5.41) is 0. The lowest BCUT2D eigenvalue weighted by Gasteiger charge is -2.72. The fourth-order valence-corrected chi connectivity index (χ4v) is 12.6. The van der Waals surface area contributed by atoms with Gasteiger partial charge in [0, 0.05) is 17.4 Å². The third-order valence-corrected chi connectivity index (χ3v) is 14.2. The van der Waals surface area contributed by atoms with Gasteiger partial charge in [0.1, 0.15) is 11.2 Å². The topological polar surface area (TPSA) is 78.6 Å². The molecule has 0 radical (unpaired) electrons. The summed E-state index contributed by atoms with van der Waals surface area (Å²) in [6.07, 6.45) is 19.0. The van der Waals surface area contributed by atoms with Gasteiger partial charge in [0.2, 0.25) is 0 Å². The lowest BCUT2D eigenvalue weighted by Crippen LogP contribution is -2.77. The van der Waals surface area contributed by atoms with Crippen LogP contribution >= 0.6 is 0 Å². The zero-order valence-electron chi connectivity index (χ0n) is 29.3. The van der Waals surface area contributed by atoms with E-state index in [1.807, 2.05) is 0 Å². The number of hydrogen-bond donors (Lipinski definition) is 1. The fraction of sp³-hybridized carbons (Fsp3) is 0.545. The molecule has 49 heavy (non-hydrogen) atoms. The number of carbonyl (C=O) groups excluding carboxylic acids is 2. The van der Waals surface area contributed by atoms with Crippen molar-refractivity contribution in [2.45, 2.75) is 103 Å². The largest absolute Gasteiger partial charge is 0.449 e. The summed E-state index contributed by atoms with van der Waals surface area (Å²) < 4.78 is 13.7. The summed E-state index contributed by atoms with van der Waals surface area (Å²) >= 11 is 0. The van der Waals surface area contributed by atoms with Gasteiger partial charge in [0.25, 0.3) is 0 Å². The molecule has 8 atom stereocenters. The van der Waals surface area contributed by atoms with Crippen molar-refractivity contribution in [1.29, 1.82) is 0 Å². The van der Waals surface area contributed by atoms with Crippen molar-refractivity contribution < 1.29 is 19.1 Å². The smallest absolute Gasteiger partial charge is 0.339 e. The predicted octanol–water partition coefficient (Wildman–Crippen LogP) is 8.69. The van der Waals surface area contributed by atoms with Crippen molar-refractivity contribution in [3.63, 3.8) is 0 Å². The Balaban J connectivity index is 1.31. The number of fused-ring (bicyclic) bond motifs is 9. The van der Waals surface area contributed by atoms with Crippen LogP contribution < -0.4 is 5.73 Å². The van der Waals surface area contributed by atoms with Gasteiger partial charge in [-0.15, -0.1) is 0 Å². The van der Waals surface area contributed by atoms with Crippen molar-refractivity contribution in [2.75, 3.05) is 6.54 Å². The molecule has 5 aliphatic carbocycles. The minimum atomic E-state index is -0.928. The average molecular weight is 658 g/mol. The fourth-order valence-electron chi connectivity index (χ4n) is 12.6. The molecule has 1 saturated carbocycles. The first kappa shape index (κ1) is 31.5. The molecule has 0 aromatic heterocycles. The summed E-state index contributed by atoms with van der Waals surface area (Å²) in [7, 11) is 0. The highest BCUT2D eigenvalue weighted by Gasteiger charge is 2.92. The van der Waals surface area contributed by atoms with Crippen LogP contribution in [0.4, 0.5) is 0 Å². The van der Waals surface area contributed by atoms with Crippen LogP contribution in [0.15, 0.2) is 77.6 Å². The van der Waals surface area contributed by atoms with E-state index in [0.29, 0.717) is 30.2 Å². The number of hydrogen-bond acceptors (Lipinski definition) is 5. The van der Waals surface area contributed by atoms with Crippen LogP contribution in [0.2, 0.25) is 0 Å². The van der Waals surface area contributed by atoms with Gasteiger partial charge in [-0.3, -0.25) is 4.79 Å². The van der Waals surface area contributed by atoms with E-state index in [9.17, 15) is 4.79 Å². The quantitative estimate of drug-likeness (QED) is 0.257. The molecule has 5 nitrogen and oxygen atoms in total.